The summed E-state index contributed by atoms with van der Waals surface area (Å²) in [7, 11) is -18.3. The monoisotopic (exact) mass is 413 g/mol. The lowest BCUT2D eigenvalue weighted by Crippen LogP contribution is -2.51. The Hall–Kier alpha value is -0.270. The van der Waals surface area contributed by atoms with E-state index in [2.05, 4.69) is 13.1 Å². The van der Waals surface area contributed by atoms with Crippen LogP contribution in [0.1, 0.15) is 13.3 Å². The molecule has 0 radical (unpaired) electrons. The average Bonchev–Trinajstić information content (AvgIpc) is 2.57. The summed E-state index contributed by atoms with van der Waals surface area (Å²) in [6, 6.07) is 0. The van der Waals surface area contributed by atoms with Gasteiger partial charge in [-0.2, -0.15) is 0 Å². The summed E-state index contributed by atoms with van der Waals surface area (Å²) in [4.78, 5) is 52.4. The maximum Gasteiger partial charge on any atom is 0.374 e. The maximum absolute atomic E-state index is 11.3. The lowest BCUT2D eigenvalue weighted by molar-refractivity contribution is -0.638. The molecule has 3 unspecified atom stereocenters. The zero-order valence-corrected chi connectivity index (χ0v) is 14.3. The topological polar surface area (TPSA) is 244 Å². The van der Waals surface area contributed by atoms with Crippen LogP contribution in [0, 0.1) is 10.1 Å². The van der Waals surface area contributed by atoms with Crippen LogP contribution >= 0.6 is 23.5 Å². The highest BCUT2D eigenvalue weighted by molar-refractivity contribution is 7.64. The molecule has 1 saturated heterocycles. The van der Waals surface area contributed by atoms with Gasteiger partial charge in [-0.25, -0.2) is 4.31 Å². The van der Waals surface area contributed by atoms with Crippen LogP contribution in [0.3, 0.4) is 0 Å². The van der Waals surface area contributed by atoms with Crippen molar-refractivity contribution in [1.29, 1.82) is 0 Å². The van der Waals surface area contributed by atoms with Gasteiger partial charge in [0.2, 0.25) is 0 Å². The van der Waals surface area contributed by atoms with E-state index < -0.39 is 52.9 Å². The molecule has 0 aromatic heterocycles. The highest BCUT2D eigenvalue weighted by atomic mass is 31.3. The van der Waals surface area contributed by atoms with Gasteiger partial charge in [0, 0.05) is 6.42 Å². The van der Waals surface area contributed by atoms with Crippen molar-refractivity contribution in [3.05, 3.63) is 10.1 Å². The van der Waals surface area contributed by atoms with Gasteiger partial charge in [-0.15, -0.1) is 0 Å². The van der Waals surface area contributed by atoms with Crippen LogP contribution in [0.25, 0.3) is 0 Å². The standard InChI is InChI=1S/C6H14NO14P3/c1-4-2-5(8)6(19-4,7(9)10)3-18-23(14,15)21-24(16,17)20-22(11,12)13/h4-5,8H,2-3H2,1H3,(H,14,15)(H,16,17)(H2,11,12,13)/p-4/t4-,5?,6+/m0/s1. The molecule has 5 atom stereocenters. The van der Waals surface area contributed by atoms with Gasteiger partial charge >= 0.3 is 5.72 Å². The molecule has 24 heavy (non-hydrogen) atoms. The van der Waals surface area contributed by atoms with E-state index in [9.17, 15) is 48.5 Å². The van der Waals surface area contributed by atoms with Crippen molar-refractivity contribution >= 4 is 23.5 Å². The quantitative estimate of drug-likeness (QED) is 0.236. The summed E-state index contributed by atoms with van der Waals surface area (Å²) in [5, 5.41) is 20.6. The number of nitrogens with zero attached hydrogens (tertiary/aromatic N) is 1. The largest absolute Gasteiger partial charge is 0.790 e. The number of aliphatic hydroxyl groups excluding tert-OH is 1. The Morgan fingerprint density at radius 3 is 2.12 bits per heavy atom. The minimum atomic E-state index is -6.18. The van der Waals surface area contributed by atoms with Crippen molar-refractivity contribution in [2.24, 2.45) is 0 Å². The highest BCUT2D eigenvalue weighted by Gasteiger charge is 2.59. The fourth-order valence-corrected chi connectivity index (χ4v) is 4.66. The number of ether oxygens (including phenoxy) is 1. The predicted octanol–water partition coefficient (Wildman–Crippen LogP) is -3.06. The van der Waals surface area contributed by atoms with Crippen molar-refractivity contribution in [2.75, 3.05) is 6.61 Å². The molecule has 15 nitrogen and oxygen atoms in total. The Morgan fingerprint density at radius 1 is 1.21 bits per heavy atom. The number of hydrogen-bond acceptors (Lipinski definition) is 14. The second-order valence-electron chi connectivity index (χ2n) is 4.56. The van der Waals surface area contributed by atoms with Crippen LogP contribution < -0.4 is 19.6 Å². The second kappa shape index (κ2) is 7.16. The molecule has 18 heteroatoms. The number of phosphoric acid groups is 3. The van der Waals surface area contributed by atoms with E-state index in [1.807, 2.05) is 0 Å². The van der Waals surface area contributed by atoms with Gasteiger partial charge in [-0.05, 0) is 6.92 Å². The number of hydrogen-bond donors (Lipinski definition) is 1. The summed E-state index contributed by atoms with van der Waals surface area (Å²) in [5.74, 6) is 0. The molecule has 1 heterocycles. The second-order valence-corrected chi connectivity index (χ2v) is 8.81. The molecule has 0 amide bonds. The molecular weight excluding hydrogens is 403 g/mol. The highest BCUT2D eigenvalue weighted by Crippen LogP contribution is 2.60. The van der Waals surface area contributed by atoms with Gasteiger partial charge in [-0.3, -0.25) is 23.6 Å². The first-order valence-corrected chi connectivity index (χ1v) is 10.2. The van der Waals surface area contributed by atoms with Gasteiger partial charge in [0.05, 0.1) is 18.8 Å². The molecule has 0 aliphatic carbocycles. The number of nitro groups is 1. The molecule has 1 N–H and O–H groups in total. The summed E-state index contributed by atoms with van der Waals surface area (Å²) in [6.45, 7) is -0.153. The fourth-order valence-electron chi connectivity index (χ4n) is 1.78. The van der Waals surface area contributed by atoms with Crippen LogP contribution in [0.2, 0.25) is 0 Å². The Labute approximate surface area is 133 Å². The van der Waals surface area contributed by atoms with E-state index in [-0.39, 0.29) is 6.42 Å². The Kier molecular flexibility index (Phi) is 6.49. The van der Waals surface area contributed by atoms with Crippen molar-refractivity contribution in [2.45, 2.75) is 31.3 Å². The number of phosphoric ester groups is 1. The fraction of sp³-hybridized carbons (Fsp3) is 1.00. The van der Waals surface area contributed by atoms with Crippen LogP contribution in [0.4, 0.5) is 0 Å². The Balaban J connectivity index is 2.84. The third-order valence-corrected chi connectivity index (χ3v) is 6.26. The first kappa shape index (κ1) is 21.8. The van der Waals surface area contributed by atoms with Gasteiger partial charge in [0.15, 0.2) is 12.7 Å². The predicted molar refractivity (Wildman–Crippen MR) is 61.8 cm³/mol. The molecule has 1 fully saturated rings. The van der Waals surface area contributed by atoms with E-state index in [1.165, 1.54) is 6.92 Å². The van der Waals surface area contributed by atoms with Crippen molar-refractivity contribution in [1.82, 2.24) is 0 Å². The molecule has 1 rings (SSSR count). The summed E-state index contributed by atoms with van der Waals surface area (Å²) in [6.07, 6.45) is -2.88. The molecule has 1 aliphatic rings. The summed E-state index contributed by atoms with van der Waals surface area (Å²) >= 11 is 0. The minimum Gasteiger partial charge on any atom is -0.790 e. The van der Waals surface area contributed by atoms with Crippen molar-refractivity contribution in [3.8, 4) is 0 Å². The summed E-state index contributed by atoms with van der Waals surface area (Å²) in [5.41, 5.74) is -2.72. The molecule has 0 aromatic rings. The first-order chi connectivity index (χ1) is 10.6. The first-order valence-electron chi connectivity index (χ1n) is 5.80. The molecule has 0 spiro atoms. The molecular formula is C6H10NO14P3-4. The van der Waals surface area contributed by atoms with E-state index in [0.717, 1.165) is 0 Å². The van der Waals surface area contributed by atoms with Crippen LogP contribution in [0.15, 0.2) is 0 Å². The lowest BCUT2D eigenvalue weighted by atomic mass is 10.1. The third kappa shape index (κ3) is 5.92. The molecule has 0 bridgehead atoms. The zero-order chi connectivity index (χ0) is 19.0. The van der Waals surface area contributed by atoms with E-state index in [1.54, 1.807) is 0 Å². The molecule has 142 valence electrons. The number of rotatable bonds is 8. The van der Waals surface area contributed by atoms with Crippen LogP contribution in [-0.2, 0) is 31.6 Å². The van der Waals surface area contributed by atoms with Gasteiger partial charge in [-0.1, -0.05) is 0 Å². The minimum absolute atomic E-state index is 0.243. The maximum atomic E-state index is 11.3. The molecule has 1 aliphatic heterocycles. The lowest BCUT2D eigenvalue weighted by Gasteiger charge is -2.37. The number of aliphatic hydroxyl groups is 1. The van der Waals surface area contributed by atoms with E-state index in [0.29, 0.717) is 0 Å². The van der Waals surface area contributed by atoms with E-state index >= 15 is 0 Å². The Morgan fingerprint density at radius 2 is 1.75 bits per heavy atom. The van der Waals surface area contributed by atoms with Gasteiger partial charge < -0.3 is 38.5 Å². The summed E-state index contributed by atoms with van der Waals surface area (Å²) < 4.78 is 47.3. The average molecular weight is 413 g/mol. The van der Waals surface area contributed by atoms with Crippen LogP contribution in [0.5, 0.6) is 0 Å². The van der Waals surface area contributed by atoms with Crippen molar-refractivity contribution in [3.63, 3.8) is 0 Å². The zero-order valence-electron chi connectivity index (χ0n) is 11.6. The SMILES string of the molecule is C[C@H]1CC(O)[C@](COP(=O)([O-])OP(=O)([O-])OP(=O)([O-])[O-])([N+](=O)[O-])O1. The van der Waals surface area contributed by atoms with Gasteiger partial charge in [0.25, 0.3) is 15.6 Å². The van der Waals surface area contributed by atoms with Crippen LogP contribution in [-0.4, -0.2) is 34.6 Å². The molecule has 0 saturated carbocycles. The smallest absolute Gasteiger partial charge is 0.374 e. The third-order valence-electron chi connectivity index (χ3n) is 2.62. The Bertz CT molecular complexity index is 630. The molecule has 0 aromatic carbocycles. The van der Waals surface area contributed by atoms with E-state index in [4.69, 9.17) is 4.74 Å². The van der Waals surface area contributed by atoms with Gasteiger partial charge in [0.1, 0.15) is 0 Å². The van der Waals surface area contributed by atoms with Crippen molar-refractivity contribution < 1.29 is 61.2 Å². The normalized spacial score (nSPS) is 32.9.